The SMILES string of the molecule is CC1CCc2c(sc3nc(SCC(=O)NC4CCCCC4C)n(-c4ccccc4)c(=O)c23)C1. The number of carbonyl (C=O) groups excluding carboxylic acids is 1. The summed E-state index contributed by atoms with van der Waals surface area (Å²) in [5.74, 6) is 1.44. The van der Waals surface area contributed by atoms with Gasteiger partial charge in [-0.15, -0.1) is 11.3 Å². The molecule has 7 heteroatoms. The zero-order valence-electron chi connectivity index (χ0n) is 19.3. The van der Waals surface area contributed by atoms with E-state index in [2.05, 4.69) is 19.2 Å². The lowest BCUT2D eigenvalue weighted by Crippen LogP contribution is -2.41. The average Bonchev–Trinajstić information content (AvgIpc) is 3.17. The van der Waals surface area contributed by atoms with Gasteiger partial charge in [0.2, 0.25) is 5.91 Å². The molecule has 1 aromatic carbocycles. The summed E-state index contributed by atoms with van der Waals surface area (Å²) in [7, 11) is 0. The highest BCUT2D eigenvalue weighted by Crippen LogP contribution is 2.37. The molecule has 0 radical (unpaired) electrons. The molecule has 1 amide bonds. The number of fused-ring (bicyclic) bond motifs is 3. The van der Waals surface area contributed by atoms with E-state index >= 15 is 0 Å². The maximum absolute atomic E-state index is 13.8. The maximum atomic E-state index is 13.8. The summed E-state index contributed by atoms with van der Waals surface area (Å²) >= 11 is 3.02. The number of hydrogen-bond acceptors (Lipinski definition) is 5. The van der Waals surface area contributed by atoms with Crippen molar-refractivity contribution in [2.45, 2.75) is 70.0 Å². The van der Waals surface area contributed by atoms with Crippen molar-refractivity contribution in [3.63, 3.8) is 0 Å². The summed E-state index contributed by atoms with van der Waals surface area (Å²) < 4.78 is 1.70. The fourth-order valence-corrected chi connectivity index (χ4v) is 7.43. The highest BCUT2D eigenvalue weighted by molar-refractivity contribution is 7.99. The monoisotopic (exact) mass is 481 g/mol. The Labute approximate surface area is 203 Å². The van der Waals surface area contributed by atoms with Crippen molar-refractivity contribution in [1.82, 2.24) is 14.9 Å². The third-order valence-corrected chi connectivity index (χ3v) is 9.19. The number of aryl methyl sites for hydroxylation is 1. The normalized spacial score (nSPS) is 22.8. The molecule has 0 saturated heterocycles. The van der Waals surface area contributed by atoms with E-state index in [-0.39, 0.29) is 23.3 Å². The van der Waals surface area contributed by atoms with Crippen LogP contribution in [0.5, 0.6) is 0 Å². The van der Waals surface area contributed by atoms with Crippen LogP contribution >= 0.6 is 23.1 Å². The smallest absolute Gasteiger partial charge is 0.267 e. The van der Waals surface area contributed by atoms with Crippen LogP contribution in [0.2, 0.25) is 0 Å². The van der Waals surface area contributed by atoms with Crippen molar-refractivity contribution in [3.8, 4) is 5.69 Å². The van der Waals surface area contributed by atoms with Gasteiger partial charge in [-0.1, -0.05) is 56.7 Å². The van der Waals surface area contributed by atoms with E-state index < -0.39 is 0 Å². The first kappa shape index (κ1) is 22.7. The molecular weight excluding hydrogens is 450 g/mol. The molecule has 3 aromatic rings. The molecular formula is C26H31N3O2S2. The Morgan fingerprint density at radius 1 is 1.18 bits per heavy atom. The van der Waals surface area contributed by atoms with Crippen LogP contribution in [0.25, 0.3) is 15.9 Å². The quantitative estimate of drug-likeness (QED) is 0.394. The predicted molar refractivity (Wildman–Crippen MR) is 137 cm³/mol. The fraction of sp³-hybridized carbons (Fsp3) is 0.500. The van der Waals surface area contributed by atoms with Crippen molar-refractivity contribution in [2.75, 3.05) is 5.75 Å². The second kappa shape index (κ2) is 9.63. The van der Waals surface area contributed by atoms with Gasteiger partial charge in [-0.3, -0.25) is 14.2 Å². The number of hydrogen-bond donors (Lipinski definition) is 1. The molecule has 5 rings (SSSR count). The molecule has 3 unspecified atom stereocenters. The van der Waals surface area contributed by atoms with Gasteiger partial charge in [0.1, 0.15) is 4.83 Å². The first-order valence-electron chi connectivity index (χ1n) is 12.1. The van der Waals surface area contributed by atoms with Gasteiger partial charge in [-0.25, -0.2) is 4.98 Å². The third-order valence-electron chi connectivity index (χ3n) is 7.10. The Kier molecular flexibility index (Phi) is 6.61. The summed E-state index contributed by atoms with van der Waals surface area (Å²) in [5.41, 5.74) is 1.97. The van der Waals surface area contributed by atoms with E-state index in [0.29, 0.717) is 17.0 Å². The van der Waals surface area contributed by atoms with Gasteiger partial charge in [0, 0.05) is 10.9 Å². The summed E-state index contributed by atoms with van der Waals surface area (Å²) in [6, 6.07) is 9.93. The number of benzene rings is 1. The van der Waals surface area contributed by atoms with Crippen LogP contribution in [-0.2, 0) is 17.6 Å². The lowest BCUT2D eigenvalue weighted by molar-refractivity contribution is -0.119. The Hall–Kier alpha value is -2.12. The van der Waals surface area contributed by atoms with Gasteiger partial charge >= 0.3 is 0 Å². The van der Waals surface area contributed by atoms with Gasteiger partial charge in [0.05, 0.1) is 16.8 Å². The summed E-state index contributed by atoms with van der Waals surface area (Å²) in [6.45, 7) is 4.50. The molecule has 1 fully saturated rings. The Morgan fingerprint density at radius 3 is 2.76 bits per heavy atom. The molecule has 0 spiro atoms. The van der Waals surface area contributed by atoms with Crippen LogP contribution in [0.3, 0.4) is 0 Å². The molecule has 2 aromatic heterocycles. The van der Waals surface area contributed by atoms with E-state index in [1.54, 1.807) is 15.9 Å². The van der Waals surface area contributed by atoms with Crippen LogP contribution in [0.1, 0.15) is 56.4 Å². The summed E-state index contributed by atoms with van der Waals surface area (Å²) in [5, 5.41) is 4.59. The minimum Gasteiger partial charge on any atom is -0.352 e. The highest BCUT2D eigenvalue weighted by Gasteiger charge is 2.26. The zero-order valence-corrected chi connectivity index (χ0v) is 20.9. The van der Waals surface area contributed by atoms with Crippen LogP contribution in [0.15, 0.2) is 40.3 Å². The third kappa shape index (κ3) is 4.62. The number of thioether (sulfide) groups is 1. The first-order valence-corrected chi connectivity index (χ1v) is 13.9. The van der Waals surface area contributed by atoms with Crippen molar-refractivity contribution >= 4 is 39.2 Å². The van der Waals surface area contributed by atoms with E-state index in [9.17, 15) is 9.59 Å². The van der Waals surface area contributed by atoms with Crippen molar-refractivity contribution < 1.29 is 4.79 Å². The number of nitrogens with zero attached hydrogens (tertiary/aromatic N) is 2. The number of amides is 1. The van der Waals surface area contributed by atoms with Crippen LogP contribution in [0.4, 0.5) is 0 Å². The number of para-hydroxylation sites is 1. The molecule has 3 atom stereocenters. The largest absolute Gasteiger partial charge is 0.352 e. The van der Waals surface area contributed by atoms with Gasteiger partial charge in [-0.05, 0) is 61.6 Å². The van der Waals surface area contributed by atoms with Crippen molar-refractivity contribution in [1.29, 1.82) is 0 Å². The molecule has 1 N–H and O–H groups in total. The average molecular weight is 482 g/mol. The maximum Gasteiger partial charge on any atom is 0.267 e. The van der Waals surface area contributed by atoms with Crippen molar-refractivity contribution in [2.24, 2.45) is 11.8 Å². The Bertz CT molecular complexity index is 1220. The van der Waals surface area contributed by atoms with E-state index in [1.807, 2.05) is 30.3 Å². The van der Waals surface area contributed by atoms with E-state index in [1.165, 1.54) is 41.5 Å². The second-order valence-electron chi connectivity index (χ2n) is 9.63. The number of carbonyl (C=O) groups is 1. The number of aromatic nitrogens is 2. The lowest BCUT2D eigenvalue weighted by atomic mass is 9.86. The Balaban J connectivity index is 1.48. The van der Waals surface area contributed by atoms with Gasteiger partial charge in [-0.2, -0.15) is 0 Å². The van der Waals surface area contributed by atoms with Gasteiger partial charge < -0.3 is 5.32 Å². The standard InChI is InChI=1S/C26H31N3O2S2/c1-16-12-13-19-21(14-16)33-24-23(19)25(31)29(18-9-4-3-5-10-18)26(28-24)32-15-22(30)27-20-11-7-6-8-17(20)2/h3-5,9-10,16-17,20H,6-8,11-15H2,1-2H3,(H,27,30). The first-order chi connectivity index (χ1) is 16.0. The summed E-state index contributed by atoms with van der Waals surface area (Å²) in [4.78, 5) is 33.6. The number of nitrogens with one attached hydrogen (secondary N) is 1. The minimum absolute atomic E-state index is 0.0120. The molecule has 33 heavy (non-hydrogen) atoms. The number of thiophene rings is 1. The van der Waals surface area contributed by atoms with Gasteiger partial charge in [0.25, 0.3) is 5.56 Å². The van der Waals surface area contributed by atoms with Crippen LogP contribution < -0.4 is 10.9 Å². The molecule has 174 valence electrons. The summed E-state index contributed by atoms with van der Waals surface area (Å²) in [6.07, 6.45) is 7.72. The van der Waals surface area contributed by atoms with E-state index in [0.717, 1.165) is 41.6 Å². The fourth-order valence-electron chi connectivity index (χ4n) is 5.18. The molecule has 0 aliphatic heterocycles. The van der Waals surface area contributed by atoms with Gasteiger partial charge in [0.15, 0.2) is 5.16 Å². The number of rotatable bonds is 5. The van der Waals surface area contributed by atoms with Crippen LogP contribution in [-0.4, -0.2) is 27.3 Å². The predicted octanol–water partition coefficient (Wildman–Crippen LogP) is 5.36. The van der Waals surface area contributed by atoms with Crippen LogP contribution in [0, 0.1) is 11.8 Å². The molecule has 1 saturated carbocycles. The lowest BCUT2D eigenvalue weighted by Gasteiger charge is -2.29. The second-order valence-corrected chi connectivity index (χ2v) is 11.7. The molecule has 0 bridgehead atoms. The molecule has 5 nitrogen and oxygen atoms in total. The topological polar surface area (TPSA) is 64.0 Å². The molecule has 2 aliphatic rings. The zero-order chi connectivity index (χ0) is 22.9. The minimum atomic E-state index is -0.0120. The van der Waals surface area contributed by atoms with Crippen molar-refractivity contribution in [3.05, 3.63) is 51.1 Å². The van der Waals surface area contributed by atoms with E-state index in [4.69, 9.17) is 4.98 Å². The Morgan fingerprint density at radius 2 is 1.97 bits per heavy atom. The molecule has 2 heterocycles. The molecule has 2 aliphatic carbocycles. The highest BCUT2D eigenvalue weighted by atomic mass is 32.2.